The van der Waals surface area contributed by atoms with Crippen LogP contribution in [0.5, 0.6) is 0 Å². The Hall–Kier alpha value is -1.55. The molecule has 1 aromatic carbocycles. The quantitative estimate of drug-likeness (QED) is 0.769. The maximum Gasteiger partial charge on any atom is 0.223 e. The van der Waals surface area contributed by atoms with Crippen LogP contribution >= 0.6 is 0 Å². The number of primary amides is 1. The Morgan fingerprint density at radius 2 is 2.24 bits per heavy atom. The molecule has 2 aliphatic rings. The van der Waals surface area contributed by atoms with Crippen molar-refractivity contribution in [3.63, 3.8) is 0 Å². The van der Waals surface area contributed by atoms with Gasteiger partial charge in [0.1, 0.15) is 0 Å². The third kappa shape index (κ3) is 1.69. The molecule has 3 rings (SSSR count). The van der Waals surface area contributed by atoms with E-state index in [9.17, 15) is 4.79 Å². The minimum atomic E-state index is -0.222. The number of nitrogens with zero attached hydrogens (tertiary/aromatic N) is 1. The predicted molar refractivity (Wildman–Crippen MR) is 64.8 cm³/mol. The van der Waals surface area contributed by atoms with Gasteiger partial charge in [-0.2, -0.15) is 0 Å². The number of benzene rings is 1. The van der Waals surface area contributed by atoms with E-state index < -0.39 is 0 Å². The number of para-hydroxylation sites is 1. The average molecular weight is 232 g/mol. The van der Waals surface area contributed by atoms with Crippen LogP contribution in [0.4, 0.5) is 5.69 Å². The number of morpholine rings is 1. The Balaban J connectivity index is 2.03. The monoisotopic (exact) mass is 232 g/mol. The van der Waals surface area contributed by atoms with Crippen molar-refractivity contribution < 1.29 is 9.53 Å². The molecule has 1 amide bonds. The van der Waals surface area contributed by atoms with E-state index in [1.54, 1.807) is 0 Å². The van der Waals surface area contributed by atoms with Gasteiger partial charge in [-0.05, 0) is 18.1 Å². The van der Waals surface area contributed by atoms with Crippen LogP contribution in [-0.4, -0.2) is 31.7 Å². The molecule has 1 fully saturated rings. The molecule has 2 aliphatic heterocycles. The van der Waals surface area contributed by atoms with Gasteiger partial charge in [0.15, 0.2) is 0 Å². The normalized spacial score (nSPS) is 27.2. The second-order valence-electron chi connectivity index (χ2n) is 4.68. The first-order chi connectivity index (χ1) is 8.27. The summed E-state index contributed by atoms with van der Waals surface area (Å²) in [6.45, 7) is 2.16. The maximum atomic E-state index is 11.6. The van der Waals surface area contributed by atoms with Gasteiger partial charge in [0.25, 0.3) is 0 Å². The Morgan fingerprint density at radius 3 is 3.06 bits per heavy atom. The number of fused-ring (bicyclic) bond motifs is 3. The number of anilines is 1. The number of ether oxygens (including phenoxy) is 1. The minimum absolute atomic E-state index is 0.108. The third-order valence-electron chi connectivity index (χ3n) is 3.74. The Kier molecular flexibility index (Phi) is 2.52. The van der Waals surface area contributed by atoms with E-state index in [0.29, 0.717) is 6.61 Å². The molecule has 0 radical (unpaired) electrons. The number of carbonyl (C=O) groups is 1. The van der Waals surface area contributed by atoms with E-state index in [4.69, 9.17) is 10.5 Å². The fourth-order valence-electron chi connectivity index (χ4n) is 2.88. The number of rotatable bonds is 1. The van der Waals surface area contributed by atoms with E-state index in [-0.39, 0.29) is 17.9 Å². The smallest absolute Gasteiger partial charge is 0.223 e. The summed E-state index contributed by atoms with van der Waals surface area (Å²) in [6, 6.07) is 8.35. The van der Waals surface area contributed by atoms with Crippen LogP contribution in [0.2, 0.25) is 0 Å². The van der Waals surface area contributed by atoms with E-state index in [0.717, 1.165) is 19.6 Å². The van der Waals surface area contributed by atoms with Crippen LogP contribution < -0.4 is 10.6 Å². The second kappa shape index (κ2) is 4.04. The molecule has 0 bridgehead atoms. The lowest BCUT2D eigenvalue weighted by Gasteiger charge is -2.45. The lowest BCUT2D eigenvalue weighted by molar-refractivity contribution is -0.123. The van der Waals surface area contributed by atoms with Crippen LogP contribution in [0.15, 0.2) is 24.3 Å². The summed E-state index contributed by atoms with van der Waals surface area (Å²) in [5, 5.41) is 0. The first kappa shape index (κ1) is 10.6. The number of carbonyl (C=O) groups excluding carboxylic acids is 1. The first-order valence-corrected chi connectivity index (χ1v) is 5.99. The number of nitrogens with two attached hydrogens (primary N) is 1. The molecule has 4 nitrogen and oxygen atoms in total. The van der Waals surface area contributed by atoms with Crippen molar-refractivity contribution in [2.45, 2.75) is 12.5 Å². The summed E-state index contributed by atoms with van der Waals surface area (Å²) < 4.78 is 5.48. The summed E-state index contributed by atoms with van der Waals surface area (Å²) in [5.41, 5.74) is 7.96. The zero-order valence-electron chi connectivity index (χ0n) is 9.63. The highest BCUT2D eigenvalue weighted by Crippen LogP contribution is 2.34. The van der Waals surface area contributed by atoms with Gasteiger partial charge in [0.2, 0.25) is 5.91 Å². The molecule has 2 atom stereocenters. The molecule has 0 aromatic heterocycles. The van der Waals surface area contributed by atoms with Crippen molar-refractivity contribution in [2.75, 3.05) is 24.7 Å². The molecule has 2 heterocycles. The summed E-state index contributed by atoms with van der Waals surface area (Å²) >= 11 is 0. The number of hydrogen-bond donors (Lipinski definition) is 1. The highest BCUT2D eigenvalue weighted by molar-refractivity contribution is 5.80. The van der Waals surface area contributed by atoms with E-state index in [2.05, 4.69) is 17.0 Å². The largest absolute Gasteiger partial charge is 0.377 e. The Labute approximate surface area is 100 Å². The number of hydrogen-bond acceptors (Lipinski definition) is 3. The highest BCUT2D eigenvalue weighted by atomic mass is 16.5. The van der Waals surface area contributed by atoms with E-state index in [1.807, 2.05) is 12.1 Å². The van der Waals surface area contributed by atoms with Crippen LogP contribution in [0.25, 0.3) is 0 Å². The summed E-state index contributed by atoms with van der Waals surface area (Å²) in [6.07, 6.45) is 0.732. The van der Waals surface area contributed by atoms with Gasteiger partial charge < -0.3 is 15.4 Å². The zero-order chi connectivity index (χ0) is 11.8. The first-order valence-electron chi connectivity index (χ1n) is 5.99. The van der Waals surface area contributed by atoms with Crippen molar-refractivity contribution in [1.82, 2.24) is 0 Å². The molecule has 2 N–H and O–H groups in total. The minimum Gasteiger partial charge on any atom is -0.377 e. The maximum absolute atomic E-state index is 11.6. The van der Waals surface area contributed by atoms with Gasteiger partial charge in [-0.25, -0.2) is 0 Å². The van der Waals surface area contributed by atoms with E-state index in [1.165, 1.54) is 11.3 Å². The molecule has 1 saturated heterocycles. The van der Waals surface area contributed by atoms with Crippen LogP contribution in [0.1, 0.15) is 5.56 Å². The lowest BCUT2D eigenvalue weighted by Crippen LogP contribution is -2.56. The predicted octanol–water partition coefficient (Wildman–Crippen LogP) is 0.549. The molecule has 17 heavy (non-hydrogen) atoms. The van der Waals surface area contributed by atoms with Gasteiger partial charge in [-0.1, -0.05) is 18.2 Å². The third-order valence-corrected chi connectivity index (χ3v) is 3.74. The average Bonchev–Trinajstić information content (AvgIpc) is 2.37. The topological polar surface area (TPSA) is 55.6 Å². The Morgan fingerprint density at radius 1 is 1.41 bits per heavy atom. The molecular weight excluding hydrogens is 216 g/mol. The second-order valence-corrected chi connectivity index (χ2v) is 4.68. The molecule has 90 valence electrons. The van der Waals surface area contributed by atoms with Crippen LogP contribution in [-0.2, 0) is 16.0 Å². The molecular formula is C13H16N2O2. The fourth-order valence-corrected chi connectivity index (χ4v) is 2.88. The van der Waals surface area contributed by atoms with Crippen molar-refractivity contribution in [1.29, 1.82) is 0 Å². The van der Waals surface area contributed by atoms with Crippen molar-refractivity contribution >= 4 is 11.6 Å². The van der Waals surface area contributed by atoms with Gasteiger partial charge in [0.05, 0.1) is 25.2 Å². The summed E-state index contributed by atoms with van der Waals surface area (Å²) in [7, 11) is 0. The van der Waals surface area contributed by atoms with Crippen molar-refractivity contribution in [3.8, 4) is 0 Å². The van der Waals surface area contributed by atoms with Gasteiger partial charge >= 0.3 is 0 Å². The standard InChI is InChI=1S/C13H16N2O2/c14-13(16)10-7-9-3-1-2-4-11(9)15-5-6-17-8-12(10)15/h1-4,10,12H,5-8H2,(H2,14,16). The number of amides is 1. The van der Waals surface area contributed by atoms with Gasteiger partial charge in [0, 0.05) is 12.2 Å². The fraction of sp³-hybridized carbons (Fsp3) is 0.462. The van der Waals surface area contributed by atoms with Crippen LogP contribution in [0, 0.1) is 5.92 Å². The summed E-state index contributed by atoms with van der Waals surface area (Å²) in [5.74, 6) is -0.356. The lowest BCUT2D eigenvalue weighted by atomic mass is 9.85. The zero-order valence-corrected chi connectivity index (χ0v) is 9.63. The van der Waals surface area contributed by atoms with Crippen LogP contribution in [0.3, 0.4) is 0 Å². The molecule has 0 aliphatic carbocycles. The molecule has 4 heteroatoms. The molecule has 1 aromatic rings. The molecule has 0 saturated carbocycles. The van der Waals surface area contributed by atoms with Crippen molar-refractivity contribution in [2.24, 2.45) is 11.7 Å². The van der Waals surface area contributed by atoms with Gasteiger partial charge in [-0.15, -0.1) is 0 Å². The SMILES string of the molecule is NC(=O)C1Cc2ccccc2N2CCOCC12. The highest BCUT2D eigenvalue weighted by Gasteiger charge is 2.38. The molecule has 2 unspecified atom stereocenters. The summed E-state index contributed by atoms with van der Waals surface area (Å²) in [4.78, 5) is 13.8. The molecule has 0 spiro atoms. The Bertz CT molecular complexity index is 447. The van der Waals surface area contributed by atoms with E-state index >= 15 is 0 Å². The van der Waals surface area contributed by atoms with Crippen molar-refractivity contribution in [3.05, 3.63) is 29.8 Å². The van der Waals surface area contributed by atoms with Gasteiger partial charge in [-0.3, -0.25) is 4.79 Å².